The number of ether oxygens (including phenoxy) is 1. The number of nitriles is 1. The van der Waals surface area contributed by atoms with Crippen molar-refractivity contribution in [3.63, 3.8) is 0 Å². The van der Waals surface area contributed by atoms with Crippen LogP contribution in [0.25, 0.3) is 0 Å². The Kier molecular flexibility index (Phi) is 5.01. The summed E-state index contributed by atoms with van der Waals surface area (Å²) >= 11 is 1.21. The van der Waals surface area contributed by atoms with Crippen molar-refractivity contribution in [2.45, 2.75) is 13.3 Å². The van der Waals surface area contributed by atoms with E-state index in [2.05, 4.69) is 11.1 Å². The molecule has 0 aliphatic carbocycles. The number of halogens is 1. The van der Waals surface area contributed by atoms with Crippen LogP contribution in [0.4, 0.5) is 4.39 Å². The second-order valence-corrected chi connectivity index (χ2v) is 5.38. The molecule has 1 atom stereocenters. The van der Waals surface area contributed by atoms with Crippen molar-refractivity contribution >= 4 is 17.3 Å². The fourth-order valence-electron chi connectivity index (χ4n) is 1.79. The first-order chi connectivity index (χ1) is 10.1. The number of hydrogen-bond acceptors (Lipinski definition) is 5. The summed E-state index contributed by atoms with van der Waals surface area (Å²) in [7, 11) is 0. The van der Waals surface area contributed by atoms with Crippen LogP contribution in [0.5, 0.6) is 0 Å². The van der Waals surface area contributed by atoms with Crippen molar-refractivity contribution < 1.29 is 13.9 Å². The van der Waals surface area contributed by atoms with E-state index in [9.17, 15) is 9.18 Å². The first-order valence-electron chi connectivity index (χ1n) is 6.31. The molecule has 2 rings (SSSR count). The fraction of sp³-hybridized carbons (Fsp3) is 0.267. The second kappa shape index (κ2) is 6.95. The maximum Gasteiger partial charge on any atom is 0.350 e. The average Bonchev–Trinajstić information content (AvgIpc) is 2.91. The largest absolute Gasteiger partial charge is 0.460 e. The molecule has 0 spiro atoms. The Morgan fingerprint density at radius 2 is 2.19 bits per heavy atom. The van der Waals surface area contributed by atoms with Gasteiger partial charge in [0.1, 0.15) is 17.3 Å². The SMILES string of the molecule is Cc1ncsc1C(=O)OC[C@H](C#N)Cc1ccc(F)cc1. The Hall–Kier alpha value is -2.26. The number of esters is 1. The molecule has 1 aromatic carbocycles. The summed E-state index contributed by atoms with van der Waals surface area (Å²) in [5, 5.41) is 9.11. The highest BCUT2D eigenvalue weighted by Gasteiger charge is 2.16. The van der Waals surface area contributed by atoms with Crippen LogP contribution in [0.2, 0.25) is 0 Å². The van der Waals surface area contributed by atoms with Crippen molar-refractivity contribution in [2.24, 2.45) is 5.92 Å². The number of rotatable bonds is 5. The zero-order chi connectivity index (χ0) is 15.2. The Labute approximate surface area is 125 Å². The van der Waals surface area contributed by atoms with Crippen LogP contribution in [0.15, 0.2) is 29.8 Å². The predicted molar refractivity (Wildman–Crippen MR) is 76.3 cm³/mol. The quantitative estimate of drug-likeness (QED) is 0.796. The maximum atomic E-state index is 12.8. The smallest absolute Gasteiger partial charge is 0.350 e. The predicted octanol–water partition coefficient (Wildman–Crippen LogP) is 3.13. The van der Waals surface area contributed by atoms with Gasteiger partial charge in [-0.15, -0.1) is 11.3 Å². The van der Waals surface area contributed by atoms with Crippen molar-refractivity contribution in [3.8, 4) is 6.07 Å². The Balaban J connectivity index is 1.91. The molecule has 0 fully saturated rings. The lowest BCUT2D eigenvalue weighted by Gasteiger charge is -2.10. The number of benzene rings is 1. The highest BCUT2D eigenvalue weighted by Crippen LogP contribution is 2.15. The Morgan fingerprint density at radius 1 is 1.48 bits per heavy atom. The summed E-state index contributed by atoms with van der Waals surface area (Å²) in [4.78, 5) is 16.3. The fourth-order valence-corrected chi connectivity index (χ4v) is 2.48. The van der Waals surface area contributed by atoms with E-state index < -0.39 is 11.9 Å². The summed E-state index contributed by atoms with van der Waals surface area (Å²) in [5.41, 5.74) is 3.02. The lowest BCUT2D eigenvalue weighted by molar-refractivity contribution is 0.0473. The molecule has 0 N–H and O–H groups in total. The minimum atomic E-state index is -0.465. The molecule has 21 heavy (non-hydrogen) atoms. The Morgan fingerprint density at radius 3 is 2.76 bits per heavy atom. The molecule has 0 bridgehead atoms. The van der Waals surface area contributed by atoms with E-state index in [-0.39, 0.29) is 12.4 Å². The number of aromatic nitrogens is 1. The third-order valence-electron chi connectivity index (χ3n) is 2.92. The average molecular weight is 304 g/mol. The zero-order valence-corrected chi connectivity index (χ0v) is 12.2. The van der Waals surface area contributed by atoms with Crippen molar-refractivity contribution in [2.75, 3.05) is 6.61 Å². The zero-order valence-electron chi connectivity index (χ0n) is 11.4. The number of carbonyl (C=O) groups is 1. The van der Waals surface area contributed by atoms with Crippen molar-refractivity contribution in [3.05, 3.63) is 51.7 Å². The van der Waals surface area contributed by atoms with Gasteiger partial charge in [0.25, 0.3) is 0 Å². The summed E-state index contributed by atoms with van der Waals surface area (Å²) in [6, 6.07) is 8.02. The van der Waals surface area contributed by atoms with Gasteiger partial charge in [0, 0.05) is 0 Å². The number of nitrogens with zero attached hydrogens (tertiary/aromatic N) is 2. The lowest BCUT2D eigenvalue weighted by atomic mass is 10.0. The summed E-state index contributed by atoms with van der Waals surface area (Å²) in [5.74, 6) is -1.25. The molecular weight excluding hydrogens is 291 g/mol. The van der Waals surface area contributed by atoms with E-state index in [1.807, 2.05) is 0 Å². The van der Waals surface area contributed by atoms with Gasteiger partial charge in [0.05, 0.1) is 23.2 Å². The summed E-state index contributed by atoms with van der Waals surface area (Å²) in [6.07, 6.45) is 0.408. The van der Waals surface area contributed by atoms with Gasteiger partial charge in [-0.3, -0.25) is 0 Å². The number of carbonyl (C=O) groups excluding carboxylic acids is 1. The molecule has 0 amide bonds. The number of hydrogen-bond donors (Lipinski definition) is 0. The molecule has 2 aromatic rings. The molecule has 0 saturated heterocycles. The van der Waals surface area contributed by atoms with Crippen LogP contribution in [0.3, 0.4) is 0 Å². The van der Waals surface area contributed by atoms with Gasteiger partial charge in [-0.2, -0.15) is 5.26 Å². The second-order valence-electron chi connectivity index (χ2n) is 4.52. The molecular formula is C15H13FN2O2S. The highest BCUT2D eigenvalue weighted by molar-refractivity contribution is 7.11. The van der Waals surface area contributed by atoms with Crippen LogP contribution in [0.1, 0.15) is 20.9 Å². The number of thiazole rings is 1. The molecule has 0 aliphatic rings. The van der Waals surface area contributed by atoms with Crippen LogP contribution in [-0.4, -0.2) is 17.6 Å². The molecule has 0 radical (unpaired) electrons. The van der Waals surface area contributed by atoms with E-state index >= 15 is 0 Å². The highest BCUT2D eigenvalue weighted by atomic mass is 32.1. The lowest BCUT2D eigenvalue weighted by Crippen LogP contribution is -2.15. The first-order valence-corrected chi connectivity index (χ1v) is 7.19. The van der Waals surface area contributed by atoms with E-state index in [1.54, 1.807) is 24.6 Å². The summed E-state index contributed by atoms with van der Waals surface area (Å²) < 4.78 is 18.0. The van der Waals surface area contributed by atoms with Crippen molar-refractivity contribution in [1.29, 1.82) is 5.26 Å². The maximum absolute atomic E-state index is 12.8. The van der Waals surface area contributed by atoms with E-state index in [0.717, 1.165) is 5.56 Å². The van der Waals surface area contributed by atoms with Gasteiger partial charge in [-0.05, 0) is 31.0 Å². The monoisotopic (exact) mass is 304 g/mol. The number of aryl methyl sites for hydroxylation is 1. The molecule has 4 nitrogen and oxygen atoms in total. The first kappa shape index (κ1) is 15.1. The standard InChI is InChI=1S/C15H13FN2O2S/c1-10-14(21-9-18-10)15(19)20-8-12(7-17)6-11-2-4-13(16)5-3-11/h2-5,9,12H,6,8H2,1H3/t12-/m0/s1. The molecule has 0 saturated carbocycles. The van der Waals surface area contributed by atoms with Gasteiger partial charge < -0.3 is 4.74 Å². The molecule has 108 valence electrons. The van der Waals surface area contributed by atoms with E-state index in [0.29, 0.717) is 17.0 Å². The van der Waals surface area contributed by atoms with Crippen molar-refractivity contribution in [1.82, 2.24) is 4.98 Å². The third-order valence-corrected chi connectivity index (χ3v) is 3.83. The summed E-state index contributed by atoms with van der Waals surface area (Å²) in [6.45, 7) is 1.73. The van der Waals surface area contributed by atoms with Crippen LogP contribution in [-0.2, 0) is 11.2 Å². The molecule has 1 heterocycles. The molecule has 0 unspecified atom stereocenters. The van der Waals surface area contributed by atoms with Crippen LogP contribution < -0.4 is 0 Å². The topological polar surface area (TPSA) is 63.0 Å². The van der Waals surface area contributed by atoms with Gasteiger partial charge in [0.15, 0.2) is 0 Å². The molecule has 6 heteroatoms. The van der Waals surface area contributed by atoms with Gasteiger partial charge in [-0.1, -0.05) is 12.1 Å². The van der Waals surface area contributed by atoms with E-state index in [4.69, 9.17) is 10.00 Å². The Bertz CT molecular complexity index is 661. The molecule has 1 aromatic heterocycles. The molecule has 0 aliphatic heterocycles. The minimum Gasteiger partial charge on any atom is -0.460 e. The van der Waals surface area contributed by atoms with Gasteiger partial charge >= 0.3 is 5.97 Å². The van der Waals surface area contributed by atoms with E-state index in [1.165, 1.54) is 23.5 Å². The normalized spacial score (nSPS) is 11.7. The van der Waals surface area contributed by atoms with Crippen LogP contribution >= 0.6 is 11.3 Å². The van der Waals surface area contributed by atoms with Gasteiger partial charge in [0.2, 0.25) is 0 Å². The van der Waals surface area contributed by atoms with Crippen LogP contribution in [0, 0.1) is 30.0 Å². The van der Waals surface area contributed by atoms with Gasteiger partial charge in [-0.25, -0.2) is 14.2 Å². The minimum absolute atomic E-state index is 0.00402. The third kappa shape index (κ3) is 4.10.